The summed E-state index contributed by atoms with van der Waals surface area (Å²) in [5, 5.41) is 1.66. The van der Waals surface area contributed by atoms with Crippen molar-refractivity contribution in [1.29, 1.82) is 0 Å². The lowest BCUT2D eigenvalue weighted by atomic mass is 10.1. The molecular formula is C21H13ClF4N2O. The fraction of sp³-hybridized carbons (Fsp3) is 0.0952. The van der Waals surface area contributed by atoms with E-state index in [4.69, 9.17) is 17.3 Å². The Hall–Kier alpha value is -3.06. The second kappa shape index (κ2) is 6.77. The fourth-order valence-electron chi connectivity index (χ4n) is 3.58. The van der Waals surface area contributed by atoms with Crippen molar-refractivity contribution >= 4 is 39.3 Å². The standard InChI is InChI=1S/C21H13ClF4N2O/c22-13-4-5-15-18(9-13)28(17-3-1-2-16(19(15)17)20(27)29)10-11-6-12(21(24,25)26)8-14(23)7-11/h1-9H,10H2,(H2,27,29). The Labute approximate surface area is 167 Å². The van der Waals surface area contributed by atoms with Crippen LogP contribution < -0.4 is 5.73 Å². The lowest BCUT2D eigenvalue weighted by Gasteiger charge is -2.12. The van der Waals surface area contributed by atoms with Crippen molar-refractivity contribution in [3.63, 3.8) is 0 Å². The summed E-state index contributed by atoms with van der Waals surface area (Å²) in [6.07, 6.45) is -4.67. The van der Waals surface area contributed by atoms with Gasteiger partial charge in [-0.2, -0.15) is 13.2 Å². The molecule has 0 aliphatic carbocycles. The zero-order valence-electron chi connectivity index (χ0n) is 14.7. The molecule has 0 spiro atoms. The van der Waals surface area contributed by atoms with Crippen LogP contribution in [0.15, 0.2) is 54.6 Å². The average molecular weight is 421 g/mol. The van der Waals surface area contributed by atoms with Crippen LogP contribution in [0.1, 0.15) is 21.5 Å². The second-order valence-electron chi connectivity index (χ2n) is 6.66. The number of alkyl halides is 3. The molecule has 0 radical (unpaired) electrons. The van der Waals surface area contributed by atoms with Gasteiger partial charge in [-0.05, 0) is 48.0 Å². The molecule has 29 heavy (non-hydrogen) atoms. The summed E-state index contributed by atoms with van der Waals surface area (Å²) in [6, 6.07) is 12.4. The number of rotatable bonds is 3. The van der Waals surface area contributed by atoms with Gasteiger partial charge < -0.3 is 10.3 Å². The molecule has 1 aromatic heterocycles. The fourth-order valence-corrected chi connectivity index (χ4v) is 3.75. The normalized spacial score (nSPS) is 12.0. The largest absolute Gasteiger partial charge is 0.416 e. The van der Waals surface area contributed by atoms with Gasteiger partial charge in [0.25, 0.3) is 0 Å². The smallest absolute Gasteiger partial charge is 0.366 e. The monoisotopic (exact) mass is 420 g/mol. The van der Waals surface area contributed by atoms with Crippen molar-refractivity contribution in [2.24, 2.45) is 5.73 Å². The van der Waals surface area contributed by atoms with Gasteiger partial charge in [-0.25, -0.2) is 4.39 Å². The Kier molecular flexibility index (Phi) is 4.50. The lowest BCUT2D eigenvalue weighted by Crippen LogP contribution is -2.11. The van der Waals surface area contributed by atoms with Gasteiger partial charge in [-0.1, -0.05) is 23.7 Å². The first-order valence-electron chi connectivity index (χ1n) is 8.52. The Bertz CT molecular complexity index is 1280. The average Bonchev–Trinajstić information content (AvgIpc) is 2.93. The number of carbonyl (C=O) groups is 1. The molecule has 0 bridgehead atoms. The molecule has 4 aromatic rings. The predicted octanol–water partition coefficient (Wildman–Crippen LogP) is 5.75. The molecule has 8 heteroatoms. The summed E-state index contributed by atoms with van der Waals surface area (Å²) in [7, 11) is 0. The highest BCUT2D eigenvalue weighted by Gasteiger charge is 2.31. The van der Waals surface area contributed by atoms with Crippen LogP contribution >= 0.6 is 11.6 Å². The van der Waals surface area contributed by atoms with Crippen molar-refractivity contribution in [1.82, 2.24) is 4.57 Å². The van der Waals surface area contributed by atoms with Gasteiger partial charge >= 0.3 is 6.18 Å². The van der Waals surface area contributed by atoms with Gasteiger partial charge in [0, 0.05) is 27.9 Å². The first kappa shape index (κ1) is 19.3. The first-order chi connectivity index (χ1) is 13.6. The molecule has 4 rings (SSSR count). The molecule has 0 fully saturated rings. The zero-order chi connectivity index (χ0) is 20.9. The summed E-state index contributed by atoms with van der Waals surface area (Å²) in [4.78, 5) is 11.9. The summed E-state index contributed by atoms with van der Waals surface area (Å²) in [5.74, 6) is -1.61. The Balaban J connectivity index is 1.99. The molecule has 3 aromatic carbocycles. The number of hydrogen-bond donors (Lipinski definition) is 1. The van der Waals surface area contributed by atoms with Gasteiger partial charge in [0.2, 0.25) is 5.91 Å². The maximum Gasteiger partial charge on any atom is 0.416 e. The van der Waals surface area contributed by atoms with Crippen molar-refractivity contribution in [2.75, 3.05) is 0 Å². The molecule has 1 amide bonds. The number of amides is 1. The molecule has 0 saturated carbocycles. The zero-order valence-corrected chi connectivity index (χ0v) is 15.5. The van der Waals surface area contributed by atoms with E-state index in [0.29, 0.717) is 32.9 Å². The number of aromatic nitrogens is 1. The van der Waals surface area contributed by atoms with Gasteiger partial charge in [0.1, 0.15) is 5.82 Å². The van der Waals surface area contributed by atoms with Crippen LogP contribution in [0.3, 0.4) is 0 Å². The Morgan fingerprint density at radius 3 is 2.48 bits per heavy atom. The van der Waals surface area contributed by atoms with Crippen molar-refractivity contribution in [2.45, 2.75) is 12.7 Å². The van der Waals surface area contributed by atoms with Crippen molar-refractivity contribution in [3.05, 3.63) is 82.1 Å². The van der Waals surface area contributed by atoms with E-state index < -0.39 is 23.5 Å². The minimum Gasteiger partial charge on any atom is -0.366 e. The highest BCUT2D eigenvalue weighted by atomic mass is 35.5. The highest BCUT2D eigenvalue weighted by molar-refractivity contribution is 6.32. The molecule has 0 aliphatic heterocycles. The molecule has 0 unspecified atom stereocenters. The SMILES string of the molecule is NC(=O)c1cccc2c1c1ccc(Cl)cc1n2Cc1cc(F)cc(C(F)(F)F)c1. The summed E-state index contributed by atoms with van der Waals surface area (Å²) >= 11 is 6.12. The van der Waals surface area contributed by atoms with Crippen molar-refractivity contribution in [3.8, 4) is 0 Å². The maximum atomic E-state index is 13.9. The van der Waals surface area contributed by atoms with Crippen LogP contribution in [-0.2, 0) is 12.7 Å². The number of primary amides is 1. The molecule has 1 heterocycles. The van der Waals surface area contributed by atoms with Crippen LogP contribution in [0.2, 0.25) is 5.02 Å². The Morgan fingerprint density at radius 2 is 1.79 bits per heavy atom. The second-order valence-corrected chi connectivity index (χ2v) is 7.09. The van der Waals surface area contributed by atoms with E-state index >= 15 is 0 Å². The summed E-state index contributed by atoms with van der Waals surface area (Å²) in [5.41, 5.74) is 6.02. The summed E-state index contributed by atoms with van der Waals surface area (Å²) < 4.78 is 54.8. The number of hydrogen-bond acceptors (Lipinski definition) is 1. The number of benzene rings is 3. The van der Waals surface area contributed by atoms with Gasteiger partial charge in [0.15, 0.2) is 0 Å². The predicted molar refractivity (Wildman–Crippen MR) is 103 cm³/mol. The van der Waals surface area contributed by atoms with E-state index in [2.05, 4.69) is 0 Å². The third-order valence-electron chi connectivity index (χ3n) is 4.74. The number of fused-ring (bicyclic) bond motifs is 3. The molecule has 148 valence electrons. The maximum absolute atomic E-state index is 13.9. The minimum atomic E-state index is -4.67. The van der Waals surface area contributed by atoms with Crippen LogP contribution in [0, 0.1) is 5.82 Å². The molecule has 0 saturated heterocycles. The summed E-state index contributed by atoms with van der Waals surface area (Å²) in [6.45, 7) is -0.0522. The van der Waals surface area contributed by atoms with Gasteiger partial charge in [-0.3, -0.25) is 4.79 Å². The van der Waals surface area contributed by atoms with E-state index in [-0.39, 0.29) is 17.7 Å². The lowest BCUT2D eigenvalue weighted by molar-refractivity contribution is -0.137. The van der Waals surface area contributed by atoms with Gasteiger partial charge in [0.05, 0.1) is 16.6 Å². The van der Waals surface area contributed by atoms with E-state index in [1.807, 2.05) is 0 Å². The van der Waals surface area contributed by atoms with E-state index in [1.54, 1.807) is 41.0 Å². The number of halogens is 5. The van der Waals surface area contributed by atoms with E-state index in [9.17, 15) is 22.4 Å². The molecule has 2 N–H and O–H groups in total. The molecular weight excluding hydrogens is 408 g/mol. The topological polar surface area (TPSA) is 48.0 Å². The van der Waals surface area contributed by atoms with Gasteiger partial charge in [-0.15, -0.1) is 0 Å². The number of nitrogens with two attached hydrogens (primary N) is 1. The number of nitrogens with zero attached hydrogens (tertiary/aromatic N) is 1. The first-order valence-corrected chi connectivity index (χ1v) is 8.90. The molecule has 0 aliphatic rings. The Morgan fingerprint density at radius 1 is 1.03 bits per heavy atom. The van der Waals surface area contributed by atoms with E-state index in [1.165, 1.54) is 0 Å². The van der Waals surface area contributed by atoms with Crippen molar-refractivity contribution < 1.29 is 22.4 Å². The quantitative estimate of drug-likeness (QED) is 0.421. The van der Waals surface area contributed by atoms with Crippen LogP contribution in [0.5, 0.6) is 0 Å². The van der Waals surface area contributed by atoms with Crippen LogP contribution in [0.4, 0.5) is 17.6 Å². The highest BCUT2D eigenvalue weighted by Crippen LogP contribution is 2.35. The van der Waals surface area contributed by atoms with Crippen LogP contribution in [0.25, 0.3) is 21.8 Å². The minimum absolute atomic E-state index is 0.0522. The third-order valence-corrected chi connectivity index (χ3v) is 4.98. The number of carbonyl (C=O) groups excluding carboxylic acids is 1. The molecule has 3 nitrogen and oxygen atoms in total. The van der Waals surface area contributed by atoms with Crippen LogP contribution in [-0.4, -0.2) is 10.5 Å². The van der Waals surface area contributed by atoms with E-state index in [0.717, 1.165) is 12.1 Å². The third kappa shape index (κ3) is 3.42. The molecule has 0 atom stereocenters.